The van der Waals surface area contributed by atoms with Crippen molar-refractivity contribution in [3.05, 3.63) is 84.1 Å². The molecule has 3 aromatic carbocycles. The van der Waals surface area contributed by atoms with E-state index in [0.717, 1.165) is 49.6 Å². The van der Waals surface area contributed by atoms with E-state index in [1.54, 1.807) is 24.3 Å². The second kappa shape index (κ2) is 15.0. The molecule has 1 saturated heterocycles. The van der Waals surface area contributed by atoms with Crippen LogP contribution in [-0.4, -0.2) is 68.4 Å². The van der Waals surface area contributed by atoms with Gasteiger partial charge in [-0.1, -0.05) is 31.0 Å². The van der Waals surface area contributed by atoms with Crippen LogP contribution in [-0.2, 0) is 16.0 Å². The number of imide groups is 1. The summed E-state index contributed by atoms with van der Waals surface area (Å²) in [6.07, 6.45) is 2.02. The molecule has 13 heteroatoms. The Balaban J connectivity index is 1.23. The minimum Gasteiger partial charge on any atom is -0.493 e. The number of anilines is 1. The first-order valence-electron chi connectivity index (χ1n) is 14.3. The number of nitrogens with one attached hydrogen (secondary N) is 1. The quantitative estimate of drug-likeness (QED) is 0.163. The first kappa shape index (κ1) is 31.9. The lowest BCUT2D eigenvalue weighted by molar-refractivity contribution is -0.119. The smallest absolute Gasteiger partial charge is 0.338 e. The number of nitrogens with zero attached hydrogens (tertiary/aromatic N) is 3. The summed E-state index contributed by atoms with van der Waals surface area (Å²) in [5.41, 5.74) is 0.730. The zero-order chi connectivity index (χ0) is 31.8. The number of morpholine rings is 1. The van der Waals surface area contributed by atoms with Crippen LogP contribution in [0.4, 0.5) is 19.3 Å². The SMILES string of the molecule is COc1cc2c(Oc3ccc(N(S)C(=O)NC(=O)Cc4ccccc4F)cc3F)ccnc2cc1OCCCN1CCOCC1. The van der Waals surface area contributed by atoms with E-state index >= 15 is 4.39 Å². The molecule has 1 fully saturated rings. The standard InChI is InChI=1S/C32H32F2N4O6S/c1-41-29-19-23-26(20-30(29)43-14-4-11-37-12-15-42-16-13-37)35-10-9-27(23)44-28-8-7-22(18-25(28)34)38(45)32(40)36-31(39)17-21-5-2-3-6-24(21)33/h2-3,5-10,18-20,45H,4,11-17H2,1H3,(H,36,39,40). The van der Waals surface area contributed by atoms with Gasteiger partial charge in [0.1, 0.15) is 11.6 Å². The van der Waals surface area contributed by atoms with Crippen molar-refractivity contribution in [2.75, 3.05) is 50.9 Å². The van der Waals surface area contributed by atoms with Crippen LogP contribution in [0.15, 0.2) is 66.9 Å². The number of hydrogen-bond acceptors (Lipinski definition) is 9. The first-order chi connectivity index (χ1) is 21.8. The van der Waals surface area contributed by atoms with Crippen LogP contribution in [0.3, 0.4) is 0 Å². The number of carbonyl (C=O) groups excluding carboxylic acids is 2. The summed E-state index contributed by atoms with van der Waals surface area (Å²) in [7, 11) is 1.53. The van der Waals surface area contributed by atoms with Crippen LogP contribution in [0.5, 0.6) is 23.0 Å². The minimum absolute atomic E-state index is 0.0380. The van der Waals surface area contributed by atoms with Gasteiger partial charge in [-0.15, -0.1) is 0 Å². The number of urea groups is 1. The van der Waals surface area contributed by atoms with E-state index in [1.807, 2.05) is 0 Å². The molecule has 0 radical (unpaired) electrons. The van der Waals surface area contributed by atoms with Crippen LogP contribution >= 0.6 is 12.8 Å². The lowest BCUT2D eigenvalue weighted by Gasteiger charge is -2.26. The number of halogens is 2. The molecule has 236 valence electrons. The first-order valence-corrected chi connectivity index (χ1v) is 14.7. The predicted molar refractivity (Wildman–Crippen MR) is 167 cm³/mol. The van der Waals surface area contributed by atoms with E-state index in [-0.39, 0.29) is 23.4 Å². The Hall–Kier alpha value is -4.46. The number of aromatic nitrogens is 1. The zero-order valence-corrected chi connectivity index (χ0v) is 25.4. The van der Waals surface area contributed by atoms with Gasteiger partial charge in [-0.25, -0.2) is 17.9 Å². The van der Waals surface area contributed by atoms with Gasteiger partial charge >= 0.3 is 6.03 Å². The number of rotatable bonds is 11. The number of hydrogen-bond donors (Lipinski definition) is 2. The van der Waals surface area contributed by atoms with Crippen LogP contribution in [0.2, 0.25) is 0 Å². The number of amides is 3. The molecule has 2 heterocycles. The van der Waals surface area contributed by atoms with Crippen LogP contribution in [0, 0.1) is 11.6 Å². The number of thiol groups is 1. The van der Waals surface area contributed by atoms with E-state index in [2.05, 4.69) is 28.0 Å². The third kappa shape index (κ3) is 8.18. The topological polar surface area (TPSA) is 102 Å². The third-order valence-electron chi connectivity index (χ3n) is 7.09. The number of ether oxygens (including phenoxy) is 4. The second-order valence-electron chi connectivity index (χ2n) is 10.1. The summed E-state index contributed by atoms with van der Waals surface area (Å²) in [6, 6.07) is 13.6. The summed E-state index contributed by atoms with van der Waals surface area (Å²) >= 11 is 4.10. The van der Waals surface area contributed by atoms with Crippen molar-refractivity contribution >= 4 is 41.3 Å². The number of pyridine rings is 1. The Kier molecular flexibility index (Phi) is 10.7. The Labute approximate surface area is 264 Å². The highest BCUT2D eigenvalue weighted by Gasteiger charge is 2.19. The molecule has 1 aliphatic heterocycles. The molecule has 0 bridgehead atoms. The summed E-state index contributed by atoms with van der Waals surface area (Å²) in [5, 5.41) is 2.68. The van der Waals surface area contributed by atoms with Gasteiger partial charge in [-0.2, -0.15) is 0 Å². The van der Waals surface area contributed by atoms with E-state index in [1.165, 1.54) is 43.6 Å². The number of methoxy groups -OCH3 is 1. The van der Waals surface area contributed by atoms with E-state index in [0.29, 0.717) is 34.8 Å². The molecule has 1 aromatic heterocycles. The van der Waals surface area contributed by atoms with Gasteiger partial charge in [-0.05, 0) is 42.3 Å². The van der Waals surface area contributed by atoms with Gasteiger partial charge < -0.3 is 18.9 Å². The summed E-state index contributed by atoms with van der Waals surface area (Å²) in [4.78, 5) is 31.5. The Morgan fingerprint density at radius 1 is 1.00 bits per heavy atom. The van der Waals surface area contributed by atoms with Crippen molar-refractivity contribution < 1.29 is 37.3 Å². The van der Waals surface area contributed by atoms with Gasteiger partial charge in [-0.3, -0.25) is 20.0 Å². The van der Waals surface area contributed by atoms with E-state index in [9.17, 15) is 14.0 Å². The van der Waals surface area contributed by atoms with Crippen molar-refractivity contribution in [2.45, 2.75) is 12.8 Å². The number of carbonyl (C=O) groups is 2. The molecule has 0 atom stereocenters. The molecule has 1 N–H and O–H groups in total. The fourth-order valence-corrected chi connectivity index (χ4v) is 4.93. The van der Waals surface area contributed by atoms with Gasteiger partial charge in [0.2, 0.25) is 5.91 Å². The van der Waals surface area contributed by atoms with Crippen molar-refractivity contribution in [1.29, 1.82) is 0 Å². The molecule has 0 saturated carbocycles. The molecule has 5 rings (SSSR count). The molecule has 0 unspecified atom stereocenters. The van der Waals surface area contributed by atoms with Crippen LogP contribution < -0.4 is 23.8 Å². The summed E-state index contributed by atoms with van der Waals surface area (Å²) < 4.78 is 52.6. The highest BCUT2D eigenvalue weighted by atomic mass is 32.1. The number of fused-ring (bicyclic) bond motifs is 1. The van der Waals surface area contributed by atoms with Gasteiger partial charge in [0.25, 0.3) is 0 Å². The lowest BCUT2D eigenvalue weighted by atomic mass is 10.1. The zero-order valence-electron chi connectivity index (χ0n) is 24.5. The molecule has 45 heavy (non-hydrogen) atoms. The minimum atomic E-state index is -0.931. The largest absolute Gasteiger partial charge is 0.493 e. The van der Waals surface area contributed by atoms with E-state index < -0.39 is 23.6 Å². The lowest BCUT2D eigenvalue weighted by Crippen LogP contribution is -2.39. The molecular weight excluding hydrogens is 606 g/mol. The predicted octanol–water partition coefficient (Wildman–Crippen LogP) is 5.55. The fraction of sp³-hybridized carbons (Fsp3) is 0.281. The monoisotopic (exact) mass is 638 g/mol. The van der Waals surface area contributed by atoms with Crippen molar-refractivity contribution in [2.24, 2.45) is 0 Å². The maximum absolute atomic E-state index is 15.2. The van der Waals surface area contributed by atoms with Crippen molar-refractivity contribution in [3.63, 3.8) is 0 Å². The molecule has 0 aliphatic carbocycles. The van der Waals surface area contributed by atoms with Gasteiger partial charge in [0.15, 0.2) is 23.1 Å². The summed E-state index contributed by atoms with van der Waals surface area (Å²) in [6.45, 7) is 4.72. The van der Waals surface area contributed by atoms with E-state index in [4.69, 9.17) is 18.9 Å². The van der Waals surface area contributed by atoms with Gasteiger partial charge in [0, 0.05) is 43.4 Å². The summed E-state index contributed by atoms with van der Waals surface area (Å²) in [5.74, 6) is -0.880. The highest BCUT2D eigenvalue weighted by molar-refractivity contribution is 7.82. The third-order valence-corrected chi connectivity index (χ3v) is 7.51. The molecular formula is C32H32F2N4O6S. The highest BCUT2D eigenvalue weighted by Crippen LogP contribution is 2.38. The maximum Gasteiger partial charge on any atom is 0.338 e. The molecule has 4 aromatic rings. The Bertz CT molecular complexity index is 1670. The van der Waals surface area contributed by atoms with Crippen molar-refractivity contribution in [3.8, 4) is 23.0 Å². The molecule has 0 spiro atoms. The molecule has 3 amide bonds. The number of benzene rings is 3. The normalized spacial score (nSPS) is 13.3. The average Bonchev–Trinajstić information content (AvgIpc) is 3.05. The average molecular weight is 639 g/mol. The molecule has 1 aliphatic rings. The van der Waals surface area contributed by atoms with Crippen LogP contribution in [0.1, 0.15) is 12.0 Å². The van der Waals surface area contributed by atoms with Crippen molar-refractivity contribution in [1.82, 2.24) is 15.2 Å². The Morgan fingerprint density at radius 2 is 1.80 bits per heavy atom. The maximum atomic E-state index is 15.2. The van der Waals surface area contributed by atoms with Crippen LogP contribution in [0.25, 0.3) is 10.9 Å². The molecule has 10 nitrogen and oxygen atoms in total. The Morgan fingerprint density at radius 3 is 2.56 bits per heavy atom. The second-order valence-corrected chi connectivity index (χ2v) is 10.5. The van der Waals surface area contributed by atoms with Gasteiger partial charge in [0.05, 0.1) is 44.6 Å². The fourth-order valence-electron chi connectivity index (χ4n) is 4.76.